The molecule has 0 rings (SSSR count). The maximum Gasteiger partial charge on any atom is 0.305 e. The Bertz CT molecular complexity index is 480. The van der Waals surface area contributed by atoms with Crippen LogP contribution in [0.4, 0.5) is 0 Å². The topological polar surface area (TPSA) is 66.8 Å². The summed E-state index contributed by atoms with van der Waals surface area (Å²) in [6.07, 6.45) is 15.8. The second kappa shape index (κ2) is 17.0. The highest BCUT2D eigenvalue weighted by molar-refractivity contribution is 5.68. The van der Waals surface area contributed by atoms with E-state index in [1.54, 1.807) is 18.2 Å². The first-order valence-electron chi connectivity index (χ1n) is 9.04. The van der Waals surface area contributed by atoms with Crippen LogP contribution in [0.2, 0.25) is 0 Å². The molecule has 0 spiro atoms. The molecular formula is C21H32O4. The van der Waals surface area contributed by atoms with E-state index in [2.05, 4.69) is 29.6 Å². The Hall–Kier alpha value is -1.83. The molecule has 0 aliphatic rings. The van der Waals surface area contributed by atoms with Crippen molar-refractivity contribution < 1.29 is 19.7 Å². The number of rotatable bonds is 12. The van der Waals surface area contributed by atoms with Crippen molar-refractivity contribution in [3.63, 3.8) is 0 Å². The molecule has 0 aromatic heterocycles. The molecule has 0 saturated carbocycles. The average molecular weight is 348 g/mol. The molecule has 0 aromatic carbocycles. The van der Waals surface area contributed by atoms with Crippen molar-refractivity contribution in [3.05, 3.63) is 36.5 Å². The van der Waals surface area contributed by atoms with Gasteiger partial charge in [0.15, 0.2) is 0 Å². The van der Waals surface area contributed by atoms with Crippen LogP contribution in [0.25, 0.3) is 0 Å². The summed E-state index contributed by atoms with van der Waals surface area (Å²) < 4.78 is 4.52. The molecule has 0 bridgehead atoms. The molecule has 0 aliphatic heterocycles. The van der Waals surface area contributed by atoms with Gasteiger partial charge in [0.25, 0.3) is 0 Å². The zero-order chi connectivity index (χ0) is 18.8. The van der Waals surface area contributed by atoms with E-state index in [-0.39, 0.29) is 12.4 Å². The Morgan fingerprint density at radius 2 is 1.84 bits per heavy atom. The predicted octanol–water partition coefficient (Wildman–Crippen LogP) is 3.69. The first-order valence-corrected chi connectivity index (χ1v) is 9.04. The van der Waals surface area contributed by atoms with Crippen LogP contribution in [0.5, 0.6) is 0 Å². The highest BCUT2D eigenvalue weighted by atomic mass is 16.5. The molecule has 0 aromatic rings. The molecule has 0 heterocycles. The van der Waals surface area contributed by atoms with Crippen LogP contribution >= 0.6 is 0 Å². The summed E-state index contributed by atoms with van der Waals surface area (Å²) in [5.74, 6) is 5.49. The SMILES string of the molecule is CCCCCC/C=C/C#C/C=C/C=C/[C@@H](O)[C@@H](O)CCCC(=O)OC. The molecule has 140 valence electrons. The highest BCUT2D eigenvalue weighted by Crippen LogP contribution is 2.07. The van der Waals surface area contributed by atoms with Crippen molar-refractivity contribution in [3.8, 4) is 11.8 Å². The minimum Gasteiger partial charge on any atom is -0.469 e. The van der Waals surface area contributed by atoms with Gasteiger partial charge in [-0.2, -0.15) is 0 Å². The molecule has 0 aliphatic carbocycles. The van der Waals surface area contributed by atoms with Crippen LogP contribution < -0.4 is 0 Å². The Kier molecular flexibility index (Phi) is 15.8. The molecule has 2 N–H and O–H groups in total. The summed E-state index contributed by atoms with van der Waals surface area (Å²) >= 11 is 0. The summed E-state index contributed by atoms with van der Waals surface area (Å²) in [7, 11) is 1.33. The monoisotopic (exact) mass is 348 g/mol. The minimum atomic E-state index is -0.960. The van der Waals surface area contributed by atoms with Gasteiger partial charge in [-0.15, -0.1) is 0 Å². The molecule has 25 heavy (non-hydrogen) atoms. The quantitative estimate of drug-likeness (QED) is 0.244. The molecule has 4 nitrogen and oxygen atoms in total. The number of esters is 1. The first kappa shape index (κ1) is 23.2. The van der Waals surface area contributed by atoms with Crippen LogP contribution in [0.3, 0.4) is 0 Å². The van der Waals surface area contributed by atoms with Gasteiger partial charge in [-0.05, 0) is 37.8 Å². The Morgan fingerprint density at radius 3 is 2.56 bits per heavy atom. The van der Waals surface area contributed by atoms with Gasteiger partial charge in [-0.1, -0.05) is 62.3 Å². The van der Waals surface area contributed by atoms with Crippen LogP contribution in [0, 0.1) is 11.8 Å². The number of aliphatic hydroxyl groups is 2. The second-order valence-corrected chi connectivity index (χ2v) is 5.81. The maximum absolute atomic E-state index is 11.0. The molecule has 0 saturated heterocycles. The molecule has 4 heteroatoms. The van der Waals surface area contributed by atoms with Gasteiger partial charge in [0, 0.05) is 6.42 Å². The Labute approximate surface area is 152 Å². The molecular weight excluding hydrogens is 316 g/mol. The third-order valence-corrected chi connectivity index (χ3v) is 3.61. The minimum absolute atomic E-state index is 0.242. The van der Waals surface area contributed by atoms with E-state index in [0.717, 1.165) is 6.42 Å². The lowest BCUT2D eigenvalue weighted by molar-refractivity contribution is -0.140. The third-order valence-electron chi connectivity index (χ3n) is 3.61. The highest BCUT2D eigenvalue weighted by Gasteiger charge is 2.13. The van der Waals surface area contributed by atoms with E-state index in [9.17, 15) is 15.0 Å². The number of allylic oxidation sites excluding steroid dienone is 5. The lowest BCUT2D eigenvalue weighted by Crippen LogP contribution is -2.23. The standard InChI is InChI=1S/C21H32O4/c1-3-4-5-6-7-8-9-10-11-12-13-14-16-19(22)20(23)17-15-18-21(24)25-2/h8-9,12-14,16,19-20,22-23H,3-7,15,17-18H2,1-2H3/b9-8+,13-12+,16-14+/t19-,20+/m1/s1. The number of hydrogen-bond acceptors (Lipinski definition) is 4. The molecule has 2 atom stereocenters. The smallest absolute Gasteiger partial charge is 0.305 e. The number of ether oxygens (including phenoxy) is 1. The van der Waals surface area contributed by atoms with Gasteiger partial charge in [0.1, 0.15) is 0 Å². The average Bonchev–Trinajstić information content (AvgIpc) is 2.62. The molecule has 0 radical (unpaired) electrons. The zero-order valence-electron chi connectivity index (χ0n) is 15.5. The molecule has 0 fully saturated rings. The van der Waals surface area contributed by atoms with Crippen molar-refractivity contribution in [2.45, 2.75) is 70.5 Å². The van der Waals surface area contributed by atoms with E-state index >= 15 is 0 Å². The van der Waals surface area contributed by atoms with Gasteiger partial charge < -0.3 is 14.9 Å². The third kappa shape index (κ3) is 15.4. The molecule has 0 amide bonds. The fourth-order valence-electron chi connectivity index (χ4n) is 2.07. The summed E-state index contributed by atoms with van der Waals surface area (Å²) in [5, 5.41) is 19.5. The van der Waals surface area contributed by atoms with Crippen molar-refractivity contribution in [2.24, 2.45) is 0 Å². The van der Waals surface area contributed by atoms with Crippen LogP contribution in [0.15, 0.2) is 36.5 Å². The number of carbonyl (C=O) groups excluding carboxylic acids is 1. The zero-order valence-corrected chi connectivity index (χ0v) is 15.5. The Morgan fingerprint density at radius 1 is 1.08 bits per heavy atom. The summed E-state index contributed by atoms with van der Waals surface area (Å²) in [5.41, 5.74) is 0. The van der Waals surface area contributed by atoms with Gasteiger partial charge in [0.05, 0.1) is 19.3 Å². The van der Waals surface area contributed by atoms with Crippen LogP contribution in [0.1, 0.15) is 58.3 Å². The lowest BCUT2D eigenvalue weighted by atomic mass is 10.1. The van der Waals surface area contributed by atoms with Gasteiger partial charge in [-0.3, -0.25) is 4.79 Å². The van der Waals surface area contributed by atoms with E-state index in [0.29, 0.717) is 12.8 Å². The number of methoxy groups -OCH3 is 1. The van der Waals surface area contributed by atoms with Crippen molar-refractivity contribution in [1.82, 2.24) is 0 Å². The lowest BCUT2D eigenvalue weighted by Gasteiger charge is -2.13. The van der Waals surface area contributed by atoms with Gasteiger partial charge in [-0.25, -0.2) is 0 Å². The van der Waals surface area contributed by atoms with Crippen molar-refractivity contribution in [2.75, 3.05) is 7.11 Å². The van der Waals surface area contributed by atoms with Crippen LogP contribution in [-0.4, -0.2) is 35.5 Å². The summed E-state index contributed by atoms with van der Waals surface area (Å²) in [4.78, 5) is 11.0. The fourth-order valence-corrected chi connectivity index (χ4v) is 2.07. The number of carbonyl (C=O) groups is 1. The van der Waals surface area contributed by atoms with E-state index < -0.39 is 12.2 Å². The number of unbranched alkanes of at least 4 members (excludes halogenated alkanes) is 4. The second-order valence-electron chi connectivity index (χ2n) is 5.81. The van der Waals surface area contributed by atoms with E-state index in [1.807, 2.05) is 6.08 Å². The van der Waals surface area contributed by atoms with Gasteiger partial charge in [0.2, 0.25) is 0 Å². The molecule has 0 unspecified atom stereocenters. The Balaban J connectivity index is 3.90. The number of aliphatic hydroxyl groups excluding tert-OH is 2. The predicted molar refractivity (Wildman–Crippen MR) is 102 cm³/mol. The first-order chi connectivity index (χ1) is 12.1. The number of hydrogen-bond donors (Lipinski definition) is 2. The van der Waals surface area contributed by atoms with Gasteiger partial charge >= 0.3 is 5.97 Å². The largest absolute Gasteiger partial charge is 0.469 e. The summed E-state index contributed by atoms with van der Waals surface area (Å²) in [6.45, 7) is 2.20. The fraction of sp³-hybridized carbons (Fsp3) is 0.571. The van der Waals surface area contributed by atoms with E-state index in [4.69, 9.17) is 0 Å². The maximum atomic E-state index is 11.0. The van der Waals surface area contributed by atoms with E-state index in [1.165, 1.54) is 38.9 Å². The normalized spacial score (nSPS) is 13.9. The van der Waals surface area contributed by atoms with Crippen molar-refractivity contribution >= 4 is 5.97 Å². The van der Waals surface area contributed by atoms with Crippen molar-refractivity contribution in [1.29, 1.82) is 0 Å². The van der Waals surface area contributed by atoms with Crippen LogP contribution in [-0.2, 0) is 9.53 Å². The summed E-state index contributed by atoms with van der Waals surface area (Å²) in [6, 6.07) is 0.